The van der Waals surface area contributed by atoms with Gasteiger partial charge < -0.3 is 14.4 Å². The Hall–Kier alpha value is -4.46. The van der Waals surface area contributed by atoms with Crippen LogP contribution in [0.25, 0.3) is 5.69 Å². The van der Waals surface area contributed by atoms with Gasteiger partial charge in [0.15, 0.2) is 17.9 Å². The fourth-order valence-corrected chi connectivity index (χ4v) is 4.89. The summed E-state index contributed by atoms with van der Waals surface area (Å²) in [6.45, 7) is 1.45. The Morgan fingerprint density at radius 1 is 1.02 bits per heavy atom. The lowest BCUT2D eigenvalue weighted by molar-refractivity contribution is 0.0415. The van der Waals surface area contributed by atoms with Gasteiger partial charge >= 0.3 is 17.8 Å². The molecule has 0 spiro atoms. The lowest BCUT2D eigenvalue weighted by Gasteiger charge is -2.34. The highest BCUT2D eigenvalue weighted by atomic mass is 19.1. The second kappa shape index (κ2) is 11.7. The first-order valence-corrected chi connectivity index (χ1v) is 12.9. The molecule has 1 saturated carbocycles. The summed E-state index contributed by atoms with van der Waals surface area (Å²) in [4.78, 5) is 54.1. The van der Waals surface area contributed by atoms with Crippen molar-refractivity contribution in [1.29, 1.82) is 0 Å². The van der Waals surface area contributed by atoms with Gasteiger partial charge in [-0.1, -0.05) is 25.3 Å². The second-order valence-electron chi connectivity index (χ2n) is 9.41. The smallest absolute Gasteiger partial charge is 0.409 e. The Morgan fingerprint density at radius 2 is 1.73 bits per heavy atom. The third kappa shape index (κ3) is 5.34. The first-order valence-electron chi connectivity index (χ1n) is 12.9. The quantitative estimate of drug-likeness (QED) is 0.346. The highest BCUT2D eigenvalue weighted by Gasteiger charge is 2.32. The van der Waals surface area contributed by atoms with E-state index in [-0.39, 0.29) is 23.0 Å². The summed E-state index contributed by atoms with van der Waals surface area (Å²) in [5, 5.41) is 7.14. The molecule has 0 N–H and O–H groups in total. The molecule has 1 saturated heterocycles. The number of hydrogen-bond donors (Lipinski definition) is 0. The van der Waals surface area contributed by atoms with Crippen molar-refractivity contribution in [2.75, 3.05) is 31.2 Å². The first-order chi connectivity index (χ1) is 19.4. The molecule has 1 aliphatic heterocycles. The van der Waals surface area contributed by atoms with Crippen LogP contribution in [0.5, 0.6) is 5.75 Å². The number of anilines is 1. The van der Waals surface area contributed by atoms with Crippen molar-refractivity contribution in [3.05, 3.63) is 64.1 Å². The predicted molar refractivity (Wildman–Crippen MR) is 136 cm³/mol. The van der Waals surface area contributed by atoms with Gasteiger partial charge in [0.2, 0.25) is 0 Å². The number of benzene rings is 2. The molecule has 12 nitrogen and oxygen atoms in total. The lowest BCUT2D eigenvalue weighted by Crippen LogP contribution is -2.47. The largest absolute Gasteiger partial charge is 0.415 e. The van der Waals surface area contributed by atoms with Crippen LogP contribution in [0.15, 0.2) is 41.2 Å². The monoisotopic (exact) mass is 556 g/mol. The van der Waals surface area contributed by atoms with Crippen LogP contribution in [0.4, 0.5) is 24.1 Å². The van der Waals surface area contributed by atoms with Crippen LogP contribution in [0.2, 0.25) is 0 Å². The van der Waals surface area contributed by atoms with E-state index in [0.717, 1.165) is 37.5 Å². The molecule has 0 bridgehead atoms. The van der Waals surface area contributed by atoms with Gasteiger partial charge in [-0.2, -0.15) is 4.68 Å². The number of ether oxygens (including phenoxy) is 2. The molecule has 0 atom stereocenters. The minimum Gasteiger partial charge on any atom is -0.409 e. The number of aldehydes is 1. The summed E-state index contributed by atoms with van der Waals surface area (Å²) in [7, 11) is 0. The molecular weight excluding hydrogens is 530 g/mol. The minimum absolute atomic E-state index is 0.00410. The van der Waals surface area contributed by atoms with Gasteiger partial charge in [-0.05, 0) is 53.6 Å². The van der Waals surface area contributed by atoms with Gasteiger partial charge in [-0.25, -0.2) is 23.2 Å². The van der Waals surface area contributed by atoms with Crippen molar-refractivity contribution in [2.24, 2.45) is 0 Å². The van der Waals surface area contributed by atoms with E-state index in [1.54, 1.807) is 0 Å². The Bertz CT molecular complexity index is 1460. The van der Waals surface area contributed by atoms with Crippen LogP contribution in [0.3, 0.4) is 0 Å². The number of amides is 2. The Balaban J connectivity index is 1.49. The third-order valence-electron chi connectivity index (χ3n) is 6.92. The highest BCUT2D eigenvalue weighted by Crippen LogP contribution is 2.31. The van der Waals surface area contributed by atoms with Crippen molar-refractivity contribution in [3.63, 3.8) is 0 Å². The number of hydrogen-bond acceptors (Lipinski definition) is 8. The fourth-order valence-electron chi connectivity index (χ4n) is 4.89. The summed E-state index contributed by atoms with van der Waals surface area (Å²) >= 11 is 0. The van der Waals surface area contributed by atoms with Crippen molar-refractivity contribution in [1.82, 2.24) is 24.7 Å². The fraction of sp³-hybridized carbons (Fsp3) is 0.385. The summed E-state index contributed by atoms with van der Waals surface area (Å²) in [6, 6.07) is 6.05. The lowest BCUT2D eigenvalue weighted by atomic mass is 9.94. The molecule has 0 unspecified atom stereocenters. The standard InChI is InChI=1S/C26H26F2N6O6/c27-20-7-4-8-21(28)23(20)33-25(37)34(30-29-33)24(36)32(18-5-2-1-3-6-18)19-9-10-22(17(15-19)16-35)40-26(38)31-11-13-39-14-12-31/h4,7-10,15-16,18H,1-3,5-6,11-14H2. The molecule has 210 valence electrons. The summed E-state index contributed by atoms with van der Waals surface area (Å²) < 4.78 is 40.1. The number of morpholine rings is 1. The molecule has 40 heavy (non-hydrogen) atoms. The van der Waals surface area contributed by atoms with E-state index in [1.807, 2.05) is 0 Å². The number of carbonyl (C=O) groups is 3. The van der Waals surface area contributed by atoms with Crippen LogP contribution in [0, 0.1) is 11.6 Å². The summed E-state index contributed by atoms with van der Waals surface area (Å²) in [5.74, 6) is -2.10. The number of para-hydroxylation sites is 1. The average Bonchev–Trinajstić information content (AvgIpc) is 3.35. The topological polar surface area (TPSA) is 129 Å². The zero-order chi connectivity index (χ0) is 28.2. The first kappa shape index (κ1) is 27.1. The van der Waals surface area contributed by atoms with E-state index in [0.29, 0.717) is 54.8 Å². The van der Waals surface area contributed by atoms with Gasteiger partial charge in [0.25, 0.3) is 0 Å². The molecule has 5 rings (SSSR count). The molecule has 2 fully saturated rings. The van der Waals surface area contributed by atoms with Crippen LogP contribution < -0.4 is 15.3 Å². The molecule has 1 aliphatic carbocycles. The van der Waals surface area contributed by atoms with E-state index < -0.39 is 35.1 Å². The summed E-state index contributed by atoms with van der Waals surface area (Å²) in [6.07, 6.45) is 3.71. The van der Waals surface area contributed by atoms with Crippen LogP contribution in [0.1, 0.15) is 42.5 Å². The molecule has 2 aliphatic rings. The predicted octanol–water partition coefficient (Wildman–Crippen LogP) is 3.16. The van der Waals surface area contributed by atoms with E-state index in [2.05, 4.69) is 10.4 Å². The molecule has 2 amide bonds. The third-order valence-corrected chi connectivity index (χ3v) is 6.92. The van der Waals surface area contributed by atoms with E-state index in [1.165, 1.54) is 28.0 Å². The summed E-state index contributed by atoms with van der Waals surface area (Å²) in [5.41, 5.74) is -1.66. The van der Waals surface area contributed by atoms with Gasteiger partial charge in [0.1, 0.15) is 11.4 Å². The van der Waals surface area contributed by atoms with E-state index >= 15 is 0 Å². The van der Waals surface area contributed by atoms with Crippen LogP contribution >= 0.6 is 0 Å². The maximum absolute atomic E-state index is 14.3. The second-order valence-corrected chi connectivity index (χ2v) is 9.41. The normalized spacial score (nSPS) is 16.0. The highest BCUT2D eigenvalue weighted by molar-refractivity contribution is 5.95. The van der Waals surface area contributed by atoms with Gasteiger partial charge in [-0.15, -0.1) is 4.68 Å². The Labute approximate surface area is 226 Å². The number of rotatable bonds is 5. The van der Waals surface area contributed by atoms with Crippen molar-refractivity contribution in [2.45, 2.75) is 38.1 Å². The number of carbonyl (C=O) groups excluding carboxylic acids is 3. The Morgan fingerprint density at radius 3 is 2.40 bits per heavy atom. The molecule has 2 heterocycles. The molecule has 1 aromatic heterocycles. The van der Waals surface area contributed by atoms with Crippen molar-refractivity contribution >= 4 is 24.1 Å². The maximum Gasteiger partial charge on any atom is 0.415 e. The van der Waals surface area contributed by atoms with E-state index in [4.69, 9.17) is 9.47 Å². The zero-order valence-electron chi connectivity index (χ0n) is 21.4. The zero-order valence-corrected chi connectivity index (χ0v) is 21.4. The molecule has 0 radical (unpaired) electrons. The molecule has 14 heteroatoms. The number of nitrogens with zero attached hydrogens (tertiary/aromatic N) is 6. The maximum atomic E-state index is 14.3. The average molecular weight is 557 g/mol. The molecule has 2 aromatic carbocycles. The minimum atomic E-state index is -1.17. The van der Waals surface area contributed by atoms with Gasteiger partial charge in [-0.3, -0.25) is 9.69 Å². The SMILES string of the molecule is O=Cc1cc(N(C(=O)n2nnn(-c3c(F)cccc3F)c2=O)C2CCCCC2)ccc1OC(=O)N1CCOCC1. The molecular formula is C26H26F2N6O6. The Kier molecular flexibility index (Phi) is 7.96. The van der Waals surface area contributed by atoms with Crippen LogP contribution in [-0.2, 0) is 4.74 Å². The van der Waals surface area contributed by atoms with Gasteiger partial charge in [0.05, 0.1) is 18.8 Å². The number of tetrazole rings is 1. The van der Waals surface area contributed by atoms with E-state index in [9.17, 15) is 28.0 Å². The van der Waals surface area contributed by atoms with Crippen molar-refractivity contribution in [3.8, 4) is 11.4 Å². The van der Waals surface area contributed by atoms with Crippen molar-refractivity contribution < 1.29 is 32.6 Å². The van der Waals surface area contributed by atoms with Crippen LogP contribution in [-0.4, -0.2) is 75.4 Å². The number of aromatic nitrogens is 4. The van der Waals surface area contributed by atoms with Gasteiger partial charge in [0, 0.05) is 24.8 Å². The number of halogens is 2. The molecule has 3 aromatic rings.